The number of hydrogen-bond acceptors (Lipinski definition) is 3. The van der Waals surface area contributed by atoms with Gasteiger partial charge in [-0.15, -0.1) is 0 Å². The van der Waals surface area contributed by atoms with Crippen LogP contribution >= 0.6 is 0 Å². The molecule has 2 aromatic rings. The fourth-order valence-corrected chi connectivity index (χ4v) is 2.21. The molecule has 98 valence electrons. The third-order valence-electron chi connectivity index (χ3n) is 3.21. The smallest absolute Gasteiger partial charge is 0.269 e. The minimum Gasteiger partial charge on any atom is -0.497 e. The Morgan fingerprint density at radius 1 is 1.37 bits per heavy atom. The van der Waals surface area contributed by atoms with E-state index < -0.39 is 0 Å². The highest BCUT2D eigenvalue weighted by Gasteiger charge is 2.18. The van der Waals surface area contributed by atoms with Crippen LogP contribution in [0.5, 0.6) is 5.75 Å². The van der Waals surface area contributed by atoms with Crippen LogP contribution in [0, 0.1) is 0 Å². The number of ether oxygens (including phenoxy) is 1. The summed E-state index contributed by atoms with van der Waals surface area (Å²) in [4.78, 5) is 11.9. The summed E-state index contributed by atoms with van der Waals surface area (Å²) in [6, 6.07) is 9.51. The summed E-state index contributed by atoms with van der Waals surface area (Å²) in [6.07, 6.45) is 0.901. The lowest BCUT2D eigenvalue weighted by atomic mass is 10.1. The first-order valence-electron chi connectivity index (χ1n) is 6.28. The summed E-state index contributed by atoms with van der Waals surface area (Å²) in [7, 11) is 1.63. The number of carbonyl (C=O) groups is 1. The molecular formula is C14H15N3O2. The highest BCUT2D eigenvalue weighted by Crippen LogP contribution is 2.24. The maximum atomic E-state index is 11.9. The minimum atomic E-state index is -0.0563. The molecule has 2 heterocycles. The number of amides is 1. The lowest BCUT2D eigenvalue weighted by molar-refractivity contribution is 0.0950. The van der Waals surface area contributed by atoms with E-state index in [1.54, 1.807) is 11.8 Å². The van der Waals surface area contributed by atoms with Crippen molar-refractivity contribution < 1.29 is 9.53 Å². The molecule has 0 aliphatic carbocycles. The van der Waals surface area contributed by atoms with Crippen molar-refractivity contribution in [3.63, 3.8) is 0 Å². The molecule has 0 bridgehead atoms. The lowest BCUT2D eigenvalue weighted by Crippen LogP contribution is -2.22. The van der Waals surface area contributed by atoms with Gasteiger partial charge >= 0.3 is 0 Å². The van der Waals surface area contributed by atoms with Gasteiger partial charge in [-0.25, -0.2) is 0 Å². The Balaban J connectivity index is 2.02. The van der Waals surface area contributed by atoms with Crippen molar-refractivity contribution >= 4 is 5.91 Å². The molecule has 0 unspecified atom stereocenters. The molecule has 1 amide bonds. The van der Waals surface area contributed by atoms with E-state index in [2.05, 4.69) is 10.4 Å². The van der Waals surface area contributed by atoms with E-state index >= 15 is 0 Å². The van der Waals surface area contributed by atoms with Crippen molar-refractivity contribution in [2.45, 2.75) is 13.0 Å². The number of rotatable bonds is 2. The van der Waals surface area contributed by atoms with Crippen LogP contribution < -0.4 is 10.1 Å². The first-order valence-corrected chi connectivity index (χ1v) is 6.28. The molecule has 1 N–H and O–H groups in total. The quantitative estimate of drug-likeness (QED) is 0.890. The highest BCUT2D eigenvalue weighted by molar-refractivity contribution is 5.93. The van der Waals surface area contributed by atoms with Gasteiger partial charge in [0.2, 0.25) is 0 Å². The van der Waals surface area contributed by atoms with Crippen LogP contribution in [0.3, 0.4) is 0 Å². The van der Waals surface area contributed by atoms with Gasteiger partial charge in [-0.2, -0.15) is 5.10 Å². The monoisotopic (exact) mass is 257 g/mol. The fourth-order valence-electron chi connectivity index (χ4n) is 2.21. The Bertz CT molecular complexity index is 619. The number of aryl methyl sites for hydroxylation is 1. The van der Waals surface area contributed by atoms with Gasteiger partial charge in [0.05, 0.1) is 12.8 Å². The Morgan fingerprint density at radius 2 is 2.26 bits per heavy atom. The number of aromatic nitrogens is 2. The average molecular weight is 257 g/mol. The van der Waals surface area contributed by atoms with Crippen molar-refractivity contribution in [2.75, 3.05) is 13.7 Å². The van der Waals surface area contributed by atoms with E-state index in [0.717, 1.165) is 30.0 Å². The first kappa shape index (κ1) is 11.8. The molecule has 1 aliphatic heterocycles. The molecule has 5 nitrogen and oxygen atoms in total. The third kappa shape index (κ3) is 2.19. The molecule has 1 aromatic heterocycles. The lowest BCUT2D eigenvalue weighted by Gasteiger charge is -2.02. The number of hydrogen-bond donors (Lipinski definition) is 1. The second-order valence-electron chi connectivity index (χ2n) is 4.48. The first-order chi connectivity index (χ1) is 9.28. The number of fused-ring (bicyclic) bond motifs is 1. The van der Waals surface area contributed by atoms with E-state index in [1.165, 1.54) is 0 Å². The molecule has 0 atom stereocenters. The predicted octanol–water partition coefficient (Wildman–Crippen LogP) is 1.69. The fraction of sp³-hybridized carbons (Fsp3) is 0.286. The highest BCUT2D eigenvalue weighted by atomic mass is 16.5. The van der Waals surface area contributed by atoms with Gasteiger partial charge in [0.1, 0.15) is 11.4 Å². The normalized spacial score (nSPS) is 14.5. The maximum Gasteiger partial charge on any atom is 0.269 e. The van der Waals surface area contributed by atoms with Gasteiger partial charge in [0.15, 0.2) is 0 Å². The van der Waals surface area contributed by atoms with Gasteiger partial charge in [0, 0.05) is 18.7 Å². The molecule has 0 saturated heterocycles. The van der Waals surface area contributed by atoms with Crippen LogP contribution in [-0.2, 0) is 6.54 Å². The predicted molar refractivity (Wildman–Crippen MR) is 71.2 cm³/mol. The molecule has 0 saturated carbocycles. The molecule has 0 spiro atoms. The number of carbonyl (C=O) groups excluding carboxylic acids is 1. The van der Waals surface area contributed by atoms with Crippen LogP contribution in [0.4, 0.5) is 0 Å². The van der Waals surface area contributed by atoms with Crippen molar-refractivity contribution in [3.05, 3.63) is 36.0 Å². The van der Waals surface area contributed by atoms with Gasteiger partial charge < -0.3 is 10.1 Å². The van der Waals surface area contributed by atoms with E-state index in [1.807, 2.05) is 30.3 Å². The van der Waals surface area contributed by atoms with Crippen molar-refractivity contribution in [1.29, 1.82) is 0 Å². The van der Waals surface area contributed by atoms with Crippen LogP contribution in [0.1, 0.15) is 16.9 Å². The van der Waals surface area contributed by atoms with E-state index in [9.17, 15) is 4.79 Å². The summed E-state index contributed by atoms with van der Waals surface area (Å²) >= 11 is 0. The average Bonchev–Trinajstić information content (AvgIpc) is 2.80. The Morgan fingerprint density at radius 3 is 3.11 bits per heavy atom. The van der Waals surface area contributed by atoms with E-state index in [0.29, 0.717) is 12.2 Å². The molecule has 19 heavy (non-hydrogen) atoms. The zero-order valence-corrected chi connectivity index (χ0v) is 10.7. The number of nitrogens with one attached hydrogen (secondary N) is 1. The van der Waals surface area contributed by atoms with Gasteiger partial charge in [-0.3, -0.25) is 9.48 Å². The summed E-state index contributed by atoms with van der Waals surface area (Å²) in [6.45, 7) is 1.47. The second kappa shape index (κ2) is 4.76. The summed E-state index contributed by atoms with van der Waals surface area (Å²) in [5.41, 5.74) is 2.37. The van der Waals surface area contributed by atoms with Crippen LogP contribution in [-0.4, -0.2) is 29.3 Å². The largest absolute Gasteiger partial charge is 0.497 e. The van der Waals surface area contributed by atoms with Gasteiger partial charge in [-0.1, -0.05) is 12.1 Å². The Kier molecular flexibility index (Phi) is 2.95. The van der Waals surface area contributed by atoms with E-state index in [4.69, 9.17) is 4.74 Å². The SMILES string of the molecule is COc1cccc(-c2cc3n(n2)CCCNC3=O)c1. The van der Waals surface area contributed by atoms with Gasteiger partial charge in [-0.05, 0) is 24.6 Å². The third-order valence-corrected chi connectivity index (χ3v) is 3.21. The number of benzene rings is 1. The zero-order chi connectivity index (χ0) is 13.2. The molecule has 0 radical (unpaired) electrons. The topological polar surface area (TPSA) is 56.1 Å². The maximum absolute atomic E-state index is 11.9. The molecular weight excluding hydrogens is 242 g/mol. The summed E-state index contributed by atoms with van der Waals surface area (Å²) < 4.78 is 6.98. The minimum absolute atomic E-state index is 0.0563. The van der Waals surface area contributed by atoms with Gasteiger partial charge in [0.25, 0.3) is 5.91 Å². The standard InChI is InChI=1S/C14H15N3O2/c1-19-11-5-2-4-10(8-11)12-9-13-14(18)15-6-3-7-17(13)16-12/h2,4-5,8-9H,3,6-7H2,1H3,(H,15,18). The Labute approximate surface area is 111 Å². The molecule has 1 aromatic carbocycles. The van der Waals surface area contributed by atoms with E-state index in [-0.39, 0.29) is 5.91 Å². The number of nitrogens with zero attached hydrogens (tertiary/aromatic N) is 2. The summed E-state index contributed by atoms with van der Waals surface area (Å²) in [5.74, 6) is 0.726. The Hall–Kier alpha value is -2.30. The van der Waals surface area contributed by atoms with Crippen molar-refractivity contribution in [1.82, 2.24) is 15.1 Å². The van der Waals surface area contributed by atoms with Crippen molar-refractivity contribution in [3.8, 4) is 17.0 Å². The zero-order valence-electron chi connectivity index (χ0n) is 10.7. The molecule has 5 heteroatoms. The number of methoxy groups -OCH3 is 1. The second-order valence-corrected chi connectivity index (χ2v) is 4.48. The molecule has 3 rings (SSSR count). The molecule has 1 aliphatic rings. The van der Waals surface area contributed by atoms with Crippen LogP contribution in [0.2, 0.25) is 0 Å². The molecule has 0 fully saturated rings. The summed E-state index contributed by atoms with van der Waals surface area (Å²) in [5, 5.41) is 7.37. The van der Waals surface area contributed by atoms with Crippen molar-refractivity contribution in [2.24, 2.45) is 0 Å². The van der Waals surface area contributed by atoms with Crippen LogP contribution in [0.15, 0.2) is 30.3 Å². The van der Waals surface area contributed by atoms with Crippen LogP contribution in [0.25, 0.3) is 11.3 Å².